The third-order valence-electron chi connectivity index (χ3n) is 3.65. The third kappa shape index (κ3) is 3.42. The van der Waals surface area contributed by atoms with E-state index in [0.717, 1.165) is 18.4 Å². The van der Waals surface area contributed by atoms with Crippen LogP contribution in [-0.2, 0) is 6.54 Å². The maximum absolute atomic E-state index is 13.7. The van der Waals surface area contributed by atoms with E-state index in [9.17, 15) is 9.18 Å². The number of nitrogens with one attached hydrogen (secondary N) is 1. The van der Waals surface area contributed by atoms with Crippen molar-refractivity contribution in [2.45, 2.75) is 25.4 Å². The molecular formula is C17H18FN3O. The molecule has 1 saturated carbocycles. The summed E-state index contributed by atoms with van der Waals surface area (Å²) in [4.78, 5) is 17.7. The van der Waals surface area contributed by atoms with Crippen molar-refractivity contribution in [3.05, 3.63) is 59.5 Å². The molecule has 0 saturated heterocycles. The number of nitrogens with zero attached hydrogens (tertiary/aromatic N) is 2. The van der Waals surface area contributed by atoms with Crippen LogP contribution in [0.3, 0.4) is 0 Å². The summed E-state index contributed by atoms with van der Waals surface area (Å²) in [6.45, 7) is 0.526. The lowest BCUT2D eigenvalue weighted by Crippen LogP contribution is -2.25. The molecule has 1 aliphatic carbocycles. The Morgan fingerprint density at radius 1 is 1.32 bits per heavy atom. The van der Waals surface area contributed by atoms with Crippen LogP contribution in [0.25, 0.3) is 0 Å². The SMILES string of the molecule is CN(Cc1ccc(C(=O)NC2CC2)cc1)c1ncccc1F. The van der Waals surface area contributed by atoms with Crippen LogP contribution in [0.2, 0.25) is 0 Å². The molecule has 0 atom stereocenters. The average molecular weight is 299 g/mol. The molecule has 1 aliphatic rings. The Morgan fingerprint density at radius 3 is 2.68 bits per heavy atom. The molecule has 1 aromatic carbocycles. The van der Waals surface area contributed by atoms with Crippen LogP contribution in [0.15, 0.2) is 42.6 Å². The third-order valence-corrected chi connectivity index (χ3v) is 3.65. The van der Waals surface area contributed by atoms with Gasteiger partial charge < -0.3 is 10.2 Å². The van der Waals surface area contributed by atoms with Gasteiger partial charge >= 0.3 is 0 Å². The van der Waals surface area contributed by atoms with Crippen LogP contribution in [0.1, 0.15) is 28.8 Å². The van der Waals surface area contributed by atoms with Crippen molar-refractivity contribution in [3.8, 4) is 0 Å². The topological polar surface area (TPSA) is 45.2 Å². The van der Waals surface area contributed by atoms with Gasteiger partial charge in [-0.3, -0.25) is 4.79 Å². The highest BCUT2D eigenvalue weighted by Crippen LogP contribution is 2.20. The maximum atomic E-state index is 13.7. The second kappa shape index (κ2) is 6.13. The standard InChI is InChI=1S/C17H18FN3O/c1-21(16-15(18)3-2-10-19-16)11-12-4-6-13(7-5-12)17(22)20-14-8-9-14/h2-7,10,14H,8-9,11H2,1H3,(H,20,22). The summed E-state index contributed by atoms with van der Waals surface area (Å²) in [5.41, 5.74) is 1.65. The van der Waals surface area contributed by atoms with Gasteiger partial charge in [0, 0.05) is 31.4 Å². The number of hydrogen-bond acceptors (Lipinski definition) is 3. The molecule has 0 bridgehead atoms. The van der Waals surface area contributed by atoms with Gasteiger partial charge in [-0.1, -0.05) is 12.1 Å². The summed E-state index contributed by atoms with van der Waals surface area (Å²) in [6.07, 6.45) is 3.72. The minimum absolute atomic E-state index is 0.0295. The number of pyridine rings is 1. The molecule has 1 N–H and O–H groups in total. The van der Waals surface area contributed by atoms with E-state index < -0.39 is 0 Å². The van der Waals surface area contributed by atoms with Crippen molar-refractivity contribution in [1.29, 1.82) is 0 Å². The summed E-state index contributed by atoms with van der Waals surface area (Å²) >= 11 is 0. The summed E-state index contributed by atoms with van der Waals surface area (Å²) in [7, 11) is 1.79. The van der Waals surface area contributed by atoms with Gasteiger partial charge in [0.2, 0.25) is 0 Å². The molecule has 1 amide bonds. The molecule has 0 spiro atoms. The van der Waals surface area contributed by atoms with E-state index in [1.165, 1.54) is 6.07 Å². The molecule has 1 fully saturated rings. The normalized spacial score (nSPS) is 13.7. The average Bonchev–Trinajstić information content (AvgIpc) is 3.32. The Labute approximate surface area is 129 Å². The zero-order valence-corrected chi connectivity index (χ0v) is 12.4. The van der Waals surface area contributed by atoms with Gasteiger partial charge in [0.05, 0.1) is 0 Å². The Bertz CT molecular complexity index is 668. The summed E-state index contributed by atoms with van der Waals surface area (Å²) in [6, 6.07) is 10.7. The second-order valence-electron chi connectivity index (χ2n) is 5.61. The molecule has 2 aromatic rings. The first-order valence-electron chi connectivity index (χ1n) is 7.35. The summed E-state index contributed by atoms with van der Waals surface area (Å²) in [5.74, 6) is -0.0540. The minimum atomic E-state index is -0.342. The van der Waals surface area contributed by atoms with Gasteiger partial charge in [0.1, 0.15) is 0 Å². The van der Waals surface area contributed by atoms with Crippen LogP contribution in [-0.4, -0.2) is 24.0 Å². The Balaban J connectivity index is 1.65. The van der Waals surface area contributed by atoms with E-state index in [1.54, 1.807) is 36.3 Å². The van der Waals surface area contributed by atoms with Gasteiger partial charge in [-0.15, -0.1) is 0 Å². The first kappa shape index (κ1) is 14.5. The van der Waals surface area contributed by atoms with Crippen LogP contribution in [0.5, 0.6) is 0 Å². The molecule has 0 radical (unpaired) electrons. The Morgan fingerprint density at radius 2 is 2.05 bits per heavy atom. The molecule has 3 rings (SSSR count). The lowest BCUT2D eigenvalue weighted by atomic mass is 10.1. The summed E-state index contributed by atoms with van der Waals surface area (Å²) < 4.78 is 13.7. The van der Waals surface area contributed by atoms with E-state index in [0.29, 0.717) is 24.0 Å². The fourth-order valence-corrected chi connectivity index (χ4v) is 2.26. The number of amides is 1. The van der Waals surface area contributed by atoms with Crippen molar-refractivity contribution >= 4 is 11.7 Å². The van der Waals surface area contributed by atoms with Gasteiger partial charge in [-0.25, -0.2) is 9.37 Å². The second-order valence-corrected chi connectivity index (χ2v) is 5.61. The predicted molar refractivity (Wildman–Crippen MR) is 83.2 cm³/mol. The van der Waals surface area contributed by atoms with Gasteiger partial charge in [-0.2, -0.15) is 0 Å². The molecule has 0 aliphatic heterocycles. The van der Waals surface area contributed by atoms with Crippen LogP contribution in [0, 0.1) is 5.82 Å². The fraction of sp³-hybridized carbons (Fsp3) is 0.294. The zero-order chi connectivity index (χ0) is 15.5. The fourth-order valence-electron chi connectivity index (χ4n) is 2.26. The highest BCUT2D eigenvalue weighted by atomic mass is 19.1. The monoisotopic (exact) mass is 299 g/mol. The Hall–Kier alpha value is -2.43. The van der Waals surface area contributed by atoms with Crippen LogP contribution in [0.4, 0.5) is 10.2 Å². The molecule has 4 nitrogen and oxygen atoms in total. The van der Waals surface area contributed by atoms with Crippen molar-refractivity contribution < 1.29 is 9.18 Å². The number of aromatic nitrogens is 1. The molecule has 0 unspecified atom stereocenters. The number of carbonyl (C=O) groups excluding carboxylic acids is 1. The molecule has 114 valence electrons. The van der Waals surface area contributed by atoms with E-state index in [1.807, 2.05) is 12.1 Å². The van der Waals surface area contributed by atoms with Crippen molar-refractivity contribution in [2.24, 2.45) is 0 Å². The molecule has 22 heavy (non-hydrogen) atoms. The predicted octanol–water partition coefficient (Wildman–Crippen LogP) is 2.75. The number of carbonyl (C=O) groups is 1. The van der Waals surface area contributed by atoms with Crippen molar-refractivity contribution in [3.63, 3.8) is 0 Å². The smallest absolute Gasteiger partial charge is 0.251 e. The molecule has 1 aromatic heterocycles. The highest BCUT2D eigenvalue weighted by molar-refractivity contribution is 5.94. The van der Waals surface area contributed by atoms with E-state index in [4.69, 9.17) is 0 Å². The first-order chi connectivity index (χ1) is 10.6. The number of rotatable bonds is 5. The van der Waals surface area contributed by atoms with Crippen molar-refractivity contribution in [2.75, 3.05) is 11.9 Å². The number of halogens is 1. The van der Waals surface area contributed by atoms with Crippen LogP contribution >= 0.6 is 0 Å². The quantitative estimate of drug-likeness (QED) is 0.923. The largest absolute Gasteiger partial charge is 0.353 e. The number of hydrogen-bond donors (Lipinski definition) is 1. The Kier molecular flexibility index (Phi) is 4.04. The van der Waals surface area contributed by atoms with Gasteiger partial charge in [0.15, 0.2) is 11.6 Å². The maximum Gasteiger partial charge on any atom is 0.251 e. The number of benzene rings is 1. The lowest BCUT2D eigenvalue weighted by Gasteiger charge is -2.18. The zero-order valence-electron chi connectivity index (χ0n) is 12.4. The van der Waals surface area contributed by atoms with E-state index in [-0.39, 0.29) is 11.7 Å². The van der Waals surface area contributed by atoms with Crippen molar-refractivity contribution in [1.82, 2.24) is 10.3 Å². The molecule has 1 heterocycles. The summed E-state index contributed by atoms with van der Waals surface area (Å²) in [5, 5.41) is 2.95. The minimum Gasteiger partial charge on any atom is -0.353 e. The van der Waals surface area contributed by atoms with Gasteiger partial charge in [0.25, 0.3) is 5.91 Å². The first-order valence-corrected chi connectivity index (χ1v) is 7.35. The van der Waals surface area contributed by atoms with Gasteiger partial charge in [-0.05, 0) is 42.7 Å². The van der Waals surface area contributed by atoms with E-state index >= 15 is 0 Å². The number of anilines is 1. The molecule has 5 heteroatoms. The van der Waals surface area contributed by atoms with E-state index in [2.05, 4.69) is 10.3 Å². The van der Waals surface area contributed by atoms with Crippen LogP contribution < -0.4 is 10.2 Å². The highest BCUT2D eigenvalue weighted by Gasteiger charge is 2.23. The lowest BCUT2D eigenvalue weighted by molar-refractivity contribution is 0.0951. The molecular weight excluding hydrogens is 281 g/mol.